The zero-order chi connectivity index (χ0) is 13.2. The normalized spacial score (nSPS) is 21.1. The van der Waals surface area contributed by atoms with Gasteiger partial charge in [0.25, 0.3) is 0 Å². The van der Waals surface area contributed by atoms with Gasteiger partial charge >= 0.3 is 0 Å². The Hall–Kier alpha value is -0.570. The minimum absolute atomic E-state index is 0.0300. The van der Waals surface area contributed by atoms with Crippen molar-refractivity contribution in [2.45, 2.75) is 56.6 Å². The Bertz CT molecular complexity index is 386. The van der Waals surface area contributed by atoms with Gasteiger partial charge in [-0.3, -0.25) is 0 Å². The van der Waals surface area contributed by atoms with Crippen LogP contribution in [0.3, 0.4) is 0 Å². The van der Waals surface area contributed by atoms with Gasteiger partial charge in [-0.15, -0.1) is 0 Å². The van der Waals surface area contributed by atoms with Crippen molar-refractivity contribution < 1.29 is 5.11 Å². The lowest BCUT2D eigenvalue weighted by Gasteiger charge is -2.47. The van der Waals surface area contributed by atoms with Crippen molar-refractivity contribution in [2.24, 2.45) is 5.73 Å². The maximum absolute atomic E-state index is 9.80. The smallest absolute Gasteiger partial charge is 0.0552 e. The van der Waals surface area contributed by atoms with Gasteiger partial charge in [-0.2, -0.15) is 0 Å². The van der Waals surface area contributed by atoms with Crippen LogP contribution in [-0.2, 0) is 5.41 Å². The second-order valence-electron chi connectivity index (χ2n) is 5.42. The van der Waals surface area contributed by atoms with Gasteiger partial charge in [-0.25, -0.2) is 0 Å². The highest BCUT2D eigenvalue weighted by molar-refractivity contribution is 6.30. The molecule has 3 heteroatoms. The molecule has 1 saturated carbocycles. The maximum atomic E-state index is 9.80. The summed E-state index contributed by atoms with van der Waals surface area (Å²) in [6, 6.07) is 8.06. The van der Waals surface area contributed by atoms with Gasteiger partial charge in [0.05, 0.1) is 6.10 Å². The highest BCUT2D eigenvalue weighted by Crippen LogP contribution is 2.47. The predicted molar refractivity (Wildman–Crippen MR) is 75.9 cm³/mol. The molecule has 0 radical (unpaired) electrons. The molecule has 0 heterocycles. The minimum Gasteiger partial charge on any atom is -0.393 e. The third-order valence-corrected chi connectivity index (χ3v) is 4.62. The molecule has 1 aliphatic rings. The average molecular weight is 268 g/mol. The van der Waals surface area contributed by atoms with Crippen LogP contribution in [0.1, 0.15) is 44.6 Å². The van der Waals surface area contributed by atoms with E-state index < -0.39 is 0 Å². The molecule has 0 saturated heterocycles. The lowest BCUT2D eigenvalue weighted by molar-refractivity contribution is 0.108. The molecule has 1 aliphatic carbocycles. The molecule has 0 spiro atoms. The fourth-order valence-electron chi connectivity index (χ4n) is 2.90. The first-order valence-electron chi connectivity index (χ1n) is 6.78. The summed E-state index contributed by atoms with van der Waals surface area (Å²) in [5.41, 5.74) is 7.70. The molecule has 0 aromatic heterocycles. The fourth-order valence-corrected chi connectivity index (χ4v) is 3.02. The highest BCUT2D eigenvalue weighted by atomic mass is 35.5. The number of nitrogens with two attached hydrogens (primary N) is 1. The monoisotopic (exact) mass is 267 g/mol. The van der Waals surface area contributed by atoms with E-state index in [9.17, 15) is 5.11 Å². The third-order valence-electron chi connectivity index (χ3n) is 4.37. The lowest BCUT2D eigenvalue weighted by Crippen LogP contribution is -2.51. The summed E-state index contributed by atoms with van der Waals surface area (Å²) in [7, 11) is 0. The molecule has 0 amide bonds. The van der Waals surface area contributed by atoms with Crippen LogP contribution in [0.2, 0.25) is 5.02 Å². The number of hydrogen-bond donors (Lipinski definition) is 2. The second kappa shape index (κ2) is 5.60. The van der Waals surface area contributed by atoms with Gasteiger partial charge in [-0.05, 0) is 43.4 Å². The molecule has 0 bridgehead atoms. The number of benzene rings is 1. The first-order valence-corrected chi connectivity index (χ1v) is 7.16. The molecule has 2 atom stereocenters. The molecule has 2 nitrogen and oxygen atoms in total. The van der Waals surface area contributed by atoms with Gasteiger partial charge < -0.3 is 10.8 Å². The molecule has 0 aliphatic heterocycles. The number of aliphatic hydroxyl groups is 1. The second-order valence-corrected chi connectivity index (χ2v) is 5.86. The van der Waals surface area contributed by atoms with Gasteiger partial charge in [0.1, 0.15) is 0 Å². The Morgan fingerprint density at radius 1 is 1.33 bits per heavy atom. The standard InChI is InChI=1S/C15H22ClNO/c1-2-13(18)10-14(17)15(8-3-9-15)11-4-6-12(16)7-5-11/h4-7,13-14,18H,2-3,8-10,17H2,1H3. The SMILES string of the molecule is CCC(O)CC(N)C1(c2ccc(Cl)cc2)CCC1. The van der Waals surface area contributed by atoms with E-state index in [0.717, 1.165) is 24.3 Å². The Morgan fingerprint density at radius 3 is 2.39 bits per heavy atom. The first-order chi connectivity index (χ1) is 8.58. The van der Waals surface area contributed by atoms with E-state index in [4.69, 9.17) is 17.3 Å². The Kier molecular flexibility index (Phi) is 4.31. The molecule has 1 fully saturated rings. The minimum atomic E-state index is -0.287. The number of halogens is 1. The van der Waals surface area contributed by atoms with E-state index in [1.54, 1.807) is 0 Å². The predicted octanol–water partition coefficient (Wildman–Crippen LogP) is 3.25. The summed E-state index contributed by atoms with van der Waals surface area (Å²) in [5, 5.41) is 10.6. The zero-order valence-corrected chi connectivity index (χ0v) is 11.7. The summed E-state index contributed by atoms with van der Waals surface area (Å²) in [6.45, 7) is 1.99. The summed E-state index contributed by atoms with van der Waals surface area (Å²) in [4.78, 5) is 0. The Morgan fingerprint density at radius 2 is 1.94 bits per heavy atom. The van der Waals surface area contributed by atoms with E-state index in [1.807, 2.05) is 19.1 Å². The third kappa shape index (κ3) is 2.56. The van der Waals surface area contributed by atoms with E-state index in [1.165, 1.54) is 12.0 Å². The molecule has 100 valence electrons. The van der Waals surface area contributed by atoms with Gasteiger partial charge in [0, 0.05) is 16.5 Å². The topological polar surface area (TPSA) is 46.2 Å². The van der Waals surface area contributed by atoms with E-state index >= 15 is 0 Å². The molecular formula is C15H22ClNO. The number of aliphatic hydroxyl groups excluding tert-OH is 1. The largest absolute Gasteiger partial charge is 0.393 e. The van der Waals surface area contributed by atoms with Crippen LogP contribution in [0.4, 0.5) is 0 Å². The maximum Gasteiger partial charge on any atom is 0.0552 e. The van der Waals surface area contributed by atoms with E-state index in [-0.39, 0.29) is 17.6 Å². The van der Waals surface area contributed by atoms with Crippen LogP contribution in [0.25, 0.3) is 0 Å². The fraction of sp³-hybridized carbons (Fsp3) is 0.600. The van der Waals surface area contributed by atoms with Crippen LogP contribution in [-0.4, -0.2) is 17.3 Å². The van der Waals surface area contributed by atoms with Crippen molar-refractivity contribution in [2.75, 3.05) is 0 Å². The summed E-state index contributed by atoms with van der Waals surface area (Å²) >= 11 is 5.94. The van der Waals surface area contributed by atoms with Crippen molar-refractivity contribution in [1.82, 2.24) is 0 Å². The molecule has 1 aromatic rings. The van der Waals surface area contributed by atoms with Crippen molar-refractivity contribution in [1.29, 1.82) is 0 Å². The summed E-state index contributed by atoms with van der Waals surface area (Å²) in [5.74, 6) is 0. The van der Waals surface area contributed by atoms with Crippen LogP contribution < -0.4 is 5.73 Å². The van der Waals surface area contributed by atoms with E-state index in [0.29, 0.717) is 6.42 Å². The zero-order valence-electron chi connectivity index (χ0n) is 10.9. The van der Waals surface area contributed by atoms with Crippen molar-refractivity contribution in [3.8, 4) is 0 Å². The van der Waals surface area contributed by atoms with Crippen LogP contribution in [0, 0.1) is 0 Å². The van der Waals surface area contributed by atoms with Crippen LogP contribution >= 0.6 is 11.6 Å². The first kappa shape index (κ1) is 13.9. The quantitative estimate of drug-likeness (QED) is 0.860. The van der Waals surface area contributed by atoms with Crippen molar-refractivity contribution >= 4 is 11.6 Å². The number of hydrogen-bond acceptors (Lipinski definition) is 2. The molecule has 2 unspecified atom stereocenters. The van der Waals surface area contributed by atoms with Gasteiger partial charge in [-0.1, -0.05) is 37.1 Å². The Labute approximate surface area is 114 Å². The van der Waals surface area contributed by atoms with E-state index in [2.05, 4.69) is 12.1 Å². The highest BCUT2D eigenvalue weighted by Gasteiger charge is 2.44. The summed E-state index contributed by atoms with van der Waals surface area (Å²) < 4.78 is 0. The van der Waals surface area contributed by atoms with Gasteiger partial charge in [0.15, 0.2) is 0 Å². The molecule has 1 aromatic carbocycles. The van der Waals surface area contributed by atoms with Crippen molar-refractivity contribution in [3.63, 3.8) is 0 Å². The summed E-state index contributed by atoms with van der Waals surface area (Å²) in [6.07, 6.45) is 4.62. The molecular weight excluding hydrogens is 246 g/mol. The average Bonchev–Trinajstić information content (AvgIpc) is 2.30. The molecule has 2 rings (SSSR count). The van der Waals surface area contributed by atoms with Gasteiger partial charge in [0.2, 0.25) is 0 Å². The Balaban J connectivity index is 2.17. The lowest BCUT2D eigenvalue weighted by atomic mass is 9.59. The number of rotatable bonds is 5. The van der Waals surface area contributed by atoms with Crippen LogP contribution in [0.15, 0.2) is 24.3 Å². The molecule has 18 heavy (non-hydrogen) atoms. The van der Waals surface area contributed by atoms with Crippen LogP contribution in [0.5, 0.6) is 0 Å². The molecule has 3 N–H and O–H groups in total. The van der Waals surface area contributed by atoms with Crippen molar-refractivity contribution in [3.05, 3.63) is 34.9 Å².